The van der Waals surface area contributed by atoms with Crippen molar-refractivity contribution >= 4 is 23.5 Å². The molecule has 0 heterocycles. The van der Waals surface area contributed by atoms with Gasteiger partial charge in [0.15, 0.2) is 11.6 Å². The van der Waals surface area contributed by atoms with Crippen LogP contribution < -0.4 is 0 Å². The number of aliphatic carboxylic acids is 2. The van der Waals surface area contributed by atoms with Gasteiger partial charge in [-0.15, -0.1) is 0 Å². The van der Waals surface area contributed by atoms with Crippen molar-refractivity contribution < 1.29 is 92.2 Å². The van der Waals surface area contributed by atoms with Crippen LogP contribution >= 0.6 is 0 Å². The predicted molar refractivity (Wildman–Crippen MR) is 109 cm³/mol. The van der Waals surface area contributed by atoms with E-state index in [0.29, 0.717) is 0 Å². The summed E-state index contributed by atoms with van der Waals surface area (Å²) in [5.41, 5.74) is 0. The number of halogens is 6. The second-order valence-electron chi connectivity index (χ2n) is 7.27. The van der Waals surface area contributed by atoms with Gasteiger partial charge in [0.05, 0.1) is 0 Å². The molecule has 0 spiro atoms. The fourth-order valence-electron chi connectivity index (χ4n) is 1.83. The maximum absolute atomic E-state index is 12.0. The Kier molecular flexibility index (Phi) is 27.4. The Balaban J connectivity index is -0.000000128. The molecule has 0 rings (SSSR count). The quantitative estimate of drug-likeness (QED) is 0.239. The Bertz CT molecular complexity index is 550. The molecular formula is C20H34F6O8Zr. The number of hydrogen-bond donors (Lipinski definition) is 4. The number of carboxylic acids is 2. The van der Waals surface area contributed by atoms with Crippen molar-refractivity contribution in [3.63, 3.8) is 0 Å². The molecule has 15 heteroatoms. The first-order valence-electron chi connectivity index (χ1n) is 10.0. The van der Waals surface area contributed by atoms with E-state index in [4.69, 9.17) is 20.4 Å². The Labute approximate surface area is 219 Å². The van der Waals surface area contributed by atoms with Gasteiger partial charge in [-0.1, -0.05) is 13.8 Å². The fraction of sp³-hybridized carbons (Fsp3) is 0.800. The molecule has 35 heavy (non-hydrogen) atoms. The van der Waals surface area contributed by atoms with Gasteiger partial charge in [0, 0.05) is 38.4 Å². The van der Waals surface area contributed by atoms with Crippen LogP contribution in [0.2, 0.25) is 0 Å². The molecule has 0 amide bonds. The van der Waals surface area contributed by atoms with Gasteiger partial charge in [-0.2, -0.15) is 26.3 Å². The molecule has 2 unspecified atom stereocenters. The summed E-state index contributed by atoms with van der Waals surface area (Å²) in [4.78, 5) is 41.4. The standard InChI is InChI=1S/2C7H9F3O3.2C3H8O.Zr/c2*1-2-4(7(8,9)10)5(11)3-6(12)13;2*1-3(2)4;/h2*4H,2-3H2,1H3,(H,12,13);2*3-4H,1-2H3;. The number of rotatable bonds is 8. The summed E-state index contributed by atoms with van der Waals surface area (Å²) in [6, 6.07) is 0. The number of carbonyl (C=O) groups excluding carboxylic acids is 2. The maximum atomic E-state index is 12.0. The molecule has 0 saturated heterocycles. The fourth-order valence-corrected chi connectivity index (χ4v) is 1.83. The van der Waals surface area contributed by atoms with Gasteiger partial charge >= 0.3 is 24.3 Å². The Hall–Kier alpha value is -1.34. The molecule has 0 saturated carbocycles. The topological polar surface area (TPSA) is 149 Å². The van der Waals surface area contributed by atoms with Gasteiger partial charge in [0.2, 0.25) is 0 Å². The largest absolute Gasteiger partial charge is 0.481 e. The molecule has 0 fully saturated rings. The Morgan fingerprint density at radius 2 is 0.800 bits per heavy atom. The summed E-state index contributed by atoms with van der Waals surface area (Å²) < 4.78 is 72.0. The van der Waals surface area contributed by atoms with Crippen LogP contribution in [0.25, 0.3) is 0 Å². The van der Waals surface area contributed by atoms with Crippen molar-refractivity contribution in [3.8, 4) is 0 Å². The first-order valence-corrected chi connectivity index (χ1v) is 10.0. The SMILES string of the molecule is CC(C)O.CC(C)O.CCC(C(=O)CC(=O)O)C(F)(F)F.CCC(C(=O)CC(=O)O)C(F)(F)F.[Zr]. The molecule has 0 aromatic heterocycles. The van der Waals surface area contributed by atoms with Crippen LogP contribution in [0.1, 0.15) is 67.2 Å². The summed E-state index contributed by atoms with van der Waals surface area (Å²) in [5, 5.41) is 32.3. The first-order chi connectivity index (χ1) is 15.0. The monoisotopic (exact) mass is 606 g/mol. The third-order valence-corrected chi connectivity index (χ3v) is 3.03. The molecular weight excluding hydrogens is 573 g/mol. The zero-order valence-corrected chi connectivity index (χ0v) is 22.8. The van der Waals surface area contributed by atoms with E-state index in [1.165, 1.54) is 13.8 Å². The van der Waals surface area contributed by atoms with Gasteiger partial charge in [-0.05, 0) is 40.5 Å². The van der Waals surface area contributed by atoms with Crippen molar-refractivity contribution in [1.29, 1.82) is 0 Å². The van der Waals surface area contributed by atoms with Crippen molar-refractivity contribution in [2.75, 3.05) is 0 Å². The molecule has 208 valence electrons. The minimum Gasteiger partial charge on any atom is -0.481 e. The van der Waals surface area contributed by atoms with Gasteiger partial charge in [-0.25, -0.2) is 0 Å². The minimum atomic E-state index is -4.64. The third-order valence-electron chi connectivity index (χ3n) is 3.03. The summed E-state index contributed by atoms with van der Waals surface area (Å²) >= 11 is 0. The summed E-state index contributed by atoms with van der Waals surface area (Å²) in [7, 11) is 0. The van der Waals surface area contributed by atoms with Gasteiger partial charge in [-0.3, -0.25) is 19.2 Å². The second kappa shape index (κ2) is 21.9. The summed E-state index contributed by atoms with van der Waals surface area (Å²) in [6.07, 6.45) is -12.6. The maximum Gasteiger partial charge on any atom is 0.398 e. The average Bonchev–Trinajstić information content (AvgIpc) is 2.51. The number of carboxylic acid groups (broad SMARTS) is 2. The molecule has 4 N–H and O–H groups in total. The smallest absolute Gasteiger partial charge is 0.398 e. The van der Waals surface area contributed by atoms with Gasteiger partial charge < -0.3 is 20.4 Å². The molecule has 0 aliphatic carbocycles. The number of carbonyl (C=O) groups is 4. The van der Waals surface area contributed by atoms with Gasteiger partial charge in [0.1, 0.15) is 24.7 Å². The van der Waals surface area contributed by atoms with E-state index in [9.17, 15) is 45.5 Å². The van der Waals surface area contributed by atoms with Crippen LogP contribution in [0, 0.1) is 11.8 Å². The van der Waals surface area contributed by atoms with Crippen LogP contribution in [0.5, 0.6) is 0 Å². The van der Waals surface area contributed by atoms with Gasteiger partial charge in [0.25, 0.3) is 0 Å². The Morgan fingerprint density at radius 1 is 0.629 bits per heavy atom. The number of ketones is 2. The van der Waals surface area contributed by atoms with Crippen LogP contribution in [-0.4, -0.2) is 68.5 Å². The van der Waals surface area contributed by atoms with E-state index >= 15 is 0 Å². The molecule has 0 aromatic carbocycles. The van der Waals surface area contributed by atoms with E-state index in [-0.39, 0.29) is 38.4 Å². The second-order valence-corrected chi connectivity index (χ2v) is 7.27. The first kappa shape index (κ1) is 43.7. The number of hydrogen-bond acceptors (Lipinski definition) is 6. The predicted octanol–water partition coefficient (Wildman–Crippen LogP) is 4.01. The van der Waals surface area contributed by atoms with E-state index in [0.717, 1.165) is 0 Å². The van der Waals surface area contributed by atoms with Crippen LogP contribution in [0.3, 0.4) is 0 Å². The molecule has 2 atom stereocenters. The van der Waals surface area contributed by atoms with E-state index in [1.54, 1.807) is 27.7 Å². The van der Waals surface area contributed by atoms with Crippen molar-refractivity contribution in [2.24, 2.45) is 11.8 Å². The van der Waals surface area contributed by atoms with E-state index < -0.39 is 73.4 Å². The molecule has 0 radical (unpaired) electrons. The summed E-state index contributed by atoms with van der Waals surface area (Å²) in [5.74, 6) is -9.95. The number of aliphatic hydroxyl groups excluding tert-OH is 2. The molecule has 0 aliphatic rings. The van der Waals surface area contributed by atoms with E-state index in [1.807, 2.05) is 0 Å². The van der Waals surface area contributed by atoms with Crippen LogP contribution in [-0.2, 0) is 45.4 Å². The zero-order valence-electron chi connectivity index (χ0n) is 20.3. The Morgan fingerprint density at radius 3 is 0.886 bits per heavy atom. The number of Topliss-reactive ketones (excluding diaryl/α,β-unsaturated/α-hetero) is 2. The minimum absolute atomic E-state index is 0. The number of alkyl halides is 6. The van der Waals surface area contributed by atoms with Crippen molar-refractivity contribution in [3.05, 3.63) is 0 Å². The normalized spacial score (nSPS) is 12.3. The molecule has 8 nitrogen and oxygen atoms in total. The molecule has 0 aliphatic heterocycles. The van der Waals surface area contributed by atoms with Crippen molar-refractivity contribution in [1.82, 2.24) is 0 Å². The summed E-state index contributed by atoms with van der Waals surface area (Å²) in [6.45, 7) is 9.27. The molecule has 0 bridgehead atoms. The average molecular weight is 608 g/mol. The van der Waals surface area contributed by atoms with Crippen LogP contribution in [0.4, 0.5) is 26.3 Å². The van der Waals surface area contributed by atoms with Crippen LogP contribution in [0.15, 0.2) is 0 Å². The van der Waals surface area contributed by atoms with Crippen molar-refractivity contribution in [2.45, 2.75) is 91.8 Å². The molecule has 0 aromatic rings. The third kappa shape index (κ3) is 32.7. The van der Waals surface area contributed by atoms with E-state index in [2.05, 4.69) is 0 Å². The number of aliphatic hydroxyl groups is 2. The zero-order chi connectivity index (χ0) is 28.4.